The molecule has 0 spiro atoms. The van der Waals surface area contributed by atoms with Crippen LogP contribution in [0.4, 0.5) is 0 Å². The van der Waals surface area contributed by atoms with Crippen molar-refractivity contribution >= 4 is 12.2 Å². The Bertz CT molecular complexity index is 153. The van der Waals surface area contributed by atoms with Gasteiger partial charge in [0.15, 0.2) is 0 Å². The monoisotopic (exact) mass is 127 g/mol. The van der Waals surface area contributed by atoms with E-state index >= 15 is 0 Å². The molecule has 3 heteroatoms. The number of rotatable bonds is 1. The third-order valence-electron chi connectivity index (χ3n) is 1.56. The zero-order valence-corrected chi connectivity index (χ0v) is 5.24. The lowest BCUT2D eigenvalue weighted by Crippen LogP contribution is -2.19. The van der Waals surface area contributed by atoms with Crippen LogP contribution in [-0.2, 0) is 4.79 Å². The van der Waals surface area contributed by atoms with Gasteiger partial charge in [-0.3, -0.25) is 9.79 Å². The maximum absolute atomic E-state index is 10.3. The van der Waals surface area contributed by atoms with Gasteiger partial charge in [0.05, 0.1) is 5.92 Å². The summed E-state index contributed by atoms with van der Waals surface area (Å²) >= 11 is 0. The number of nitrogens with zero attached hydrogens (tertiary/aromatic N) is 1. The fourth-order valence-corrected chi connectivity index (χ4v) is 0.908. The first kappa shape index (κ1) is 6.26. The predicted octanol–water partition coefficient (Wildman–Crippen LogP) is 0.408. The third-order valence-corrected chi connectivity index (χ3v) is 1.56. The average Bonchev–Trinajstić information content (AvgIpc) is 2.13. The molecule has 1 aliphatic rings. The van der Waals surface area contributed by atoms with Gasteiger partial charge in [0.1, 0.15) is 0 Å². The number of carboxylic acid groups (broad SMARTS) is 1. The first-order valence-electron chi connectivity index (χ1n) is 2.94. The second kappa shape index (κ2) is 2.17. The summed E-state index contributed by atoms with van der Waals surface area (Å²) in [5.74, 6) is -0.920. The molecule has 3 nitrogen and oxygen atoms in total. The van der Waals surface area contributed by atoms with Crippen LogP contribution in [-0.4, -0.2) is 23.8 Å². The number of carboxylic acids is 1. The molecule has 0 aliphatic carbocycles. The first-order valence-corrected chi connectivity index (χ1v) is 2.94. The molecule has 0 amide bonds. The quantitative estimate of drug-likeness (QED) is 0.554. The van der Waals surface area contributed by atoms with Gasteiger partial charge in [0.2, 0.25) is 0 Å². The molecule has 0 aromatic heterocycles. The molecular weight excluding hydrogens is 118 g/mol. The summed E-state index contributed by atoms with van der Waals surface area (Å²) < 4.78 is 0. The summed E-state index contributed by atoms with van der Waals surface area (Å²) in [5, 5.41) is 8.49. The van der Waals surface area contributed by atoms with E-state index in [4.69, 9.17) is 5.11 Å². The van der Waals surface area contributed by atoms with Gasteiger partial charge in [-0.1, -0.05) is 6.92 Å². The van der Waals surface area contributed by atoms with Crippen molar-refractivity contribution in [3.8, 4) is 0 Å². The molecule has 1 heterocycles. The van der Waals surface area contributed by atoms with Crippen molar-refractivity contribution in [2.75, 3.05) is 6.54 Å². The van der Waals surface area contributed by atoms with Crippen molar-refractivity contribution in [2.45, 2.75) is 6.92 Å². The van der Waals surface area contributed by atoms with Crippen LogP contribution >= 0.6 is 0 Å². The van der Waals surface area contributed by atoms with Crippen molar-refractivity contribution in [3.63, 3.8) is 0 Å². The van der Waals surface area contributed by atoms with Gasteiger partial charge in [-0.15, -0.1) is 0 Å². The average molecular weight is 127 g/mol. The van der Waals surface area contributed by atoms with Crippen LogP contribution in [0, 0.1) is 11.8 Å². The highest BCUT2D eigenvalue weighted by Gasteiger charge is 2.25. The molecule has 1 aliphatic heterocycles. The first-order chi connectivity index (χ1) is 4.22. The van der Waals surface area contributed by atoms with Crippen molar-refractivity contribution in [1.29, 1.82) is 0 Å². The second-order valence-electron chi connectivity index (χ2n) is 2.36. The summed E-state index contributed by atoms with van der Waals surface area (Å²) in [6, 6.07) is 0. The van der Waals surface area contributed by atoms with Gasteiger partial charge in [0.25, 0.3) is 0 Å². The third kappa shape index (κ3) is 1.09. The lowest BCUT2D eigenvalue weighted by Gasteiger charge is -2.04. The summed E-state index contributed by atoms with van der Waals surface area (Å²) in [6.45, 7) is 2.56. The molecule has 0 bridgehead atoms. The Morgan fingerprint density at radius 2 is 2.56 bits per heavy atom. The fourth-order valence-electron chi connectivity index (χ4n) is 0.908. The highest BCUT2D eigenvalue weighted by Crippen LogP contribution is 2.15. The van der Waals surface area contributed by atoms with Gasteiger partial charge in [0, 0.05) is 12.8 Å². The number of hydrogen-bond donors (Lipinski definition) is 1. The van der Waals surface area contributed by atoms with Crippen molar-refractivity contribution in [3.05, 3.63) is 0 Å². The standard InChI is InChI=1S/C6H9NO2/c1-4-2-7-3-5(4)6(8)9/h3-5H,2H2,1H3,(H,8,9). The van der Waals surface area contributed by atoms with E-state index in [1.54, 1.807) is 0 Å². The zero-order valence-electron chi connectivity index (χ0n) is 5.24. The fraction of sp³-hybridized carbons (Fsp3) is 0.667. The molecule has 0 fully saturated rings. The Morgan fingerprint density at radius 3 is 2.78 bits per heavy atom. The van der Waals surface area contributed by atoms with Crippen LogP contribution in [0.2, 0.25) is 0 Å². The van der Waals surface area contributed by atoms with Crippen molar-refractivity contribution in [1.82, 2.24) is 0 Å². The minimum absolute atomic E-state index is 0.183. The Kier molecular flexibility index (Phi) is 1.51. The van der Waals surface area contributed by atoms with Crippen molar-refractivity contribution < 1.29 is 9.90 Å². The van der Waals surface area contributed by atoms with E-state index in [9.17, 15) is 4.79 Å². The molecule has 50 valence electrons. The van der Waals surface area contributed by atoms with Gasteiger partial charge in [-0.2, -0.15) is 0 Å². The summed E-state index contributed by atoms with van der Waals surface area (Å²) in [6.07, 6.45) is 1.52. The van der Waals surface area contributed by atoms with E-state index in [-0.39, 0.29) is 11.8 Å². The van der Waals surface area contributed by atoms with Gasteiger partial charge < -0.3 is 5.11 Å². The molecular formula is C6H9NO2. The van der Waals surface area contributed by atoms with Gasteiger partial charge in [-0.05, 0) is 5.92 Å². The van der Waals surface area contributed by atoms with E-state index in [0.717, 1.165) is 0 Å². The van der Waals surface area contributed by atoms with Gasteiger partial charge >= 0.3 is 5.97 Å². The lowest BCUT2D eigenvalue weighted by molar-refractivity contribution is -0.140. The van der Waals surface area contributed by atoms with E-state index in [2.05, 4.69) is 4.99 Å². The van der Waals surface area contributed by atoms with Crippen LogP contribution in [0.15, 0.2) is 4.99 Å². The number of aliphatic carboxylic acids is 1. The van der Waals surface area contributed by atoms with E-state index in [1.807, 2.05) is 6.92 Å². The van der Waals surface area contributed by atoms with Gasteiger partial charge in [-0.25, -0.2) is 0 Å². The number of hydrogen-bond acceptors (Lipinski definition) is 2. The van der Waals surface area contributed by atoms with E-state index in [0.29, 0.717) is 6.54 Å². The predicted molar refractivity (Wildman–Crippen MR) is 33.6 cm³/mol. The summed E-state index contributed by atoms with van der Waals surface area (Å²) in [7, 11) is 0. The molecule has 9 heavy (non-hydrogen) atoms. The molecule has 0 saturated carbocycles. The lowest BCUT2D eigenvalue weighted by atomic mass is 9.99. The number of carbonyl (C=O) groups is 1. The Hall–Kier alpha value is -0.860. The summed E-state index contributed by atoms with van der Waals surface area (Å²) in [4.78, 5) is 14.2. The molecule has 1 rings (SSSR count). The number of aliphatic imine (C=N–C) groups is 1. The maximum Gasteiger partial charge on any atom is 0.312 e. The minimum atomic E-state index is -0.760. The highest BCUT2D eigenvalue weighted by molar-refractivity contribution is 5.90. The SMILES string of the molecule is CC1CN=CC1C(=O)O. The molecule has 2 atom stereocenters. The van der Waals surface area contributed by atoms with Crippen LogP contribution < -0.4 is 0 Å². The Morgan fingerprint density at radius 1 is 1.89 bits per heavy atom. The van der Waals surface area contributed by atoms with Crippen LogP contribution in [0.5, 0.6) is 0 Å². The molecule has 2 unspecified atom stereocenters. The molecule has 0 aromatic rings. The van der Waals surface area contributed by atoms with E-state index in [1.165, 1.54) is 6.21 Å². The van der Waals surface area contributed by atoms with Crippen LogP contribution in [0.1, 0.15) is 6.92 Å². The van der Waals surface area contributed by atoms with E-state index < -0.39 is 5.97 Å². The smallest absolute Gasteiger partial charge is 0.312 e. The van der Waals surface area contributed by atoms with Crippen LogP contribution in [0.3, 0.4) is 0 Å². The van der Waals surface area contributed by atoms with Crippen molar-refractivity contribution in [2.24, 2.45) is 16.8 Å². The largest absolute Gasteiger partial charge is 0.481 e. The normalized spacial score (nSPS) is 33.0. The Balaban J connectivity index is 2.59. The molecule has 0 aromatic carbocycles. The Labute approximate surface area is 53.4 Å². The topological polar surface area (TPSA) is 49.7 Å². The molecule has 1 N–H and O–H groups in total. The molecule has 0 radical (unpaired) electrons. The van der Waals surface area contributed by atoms with Crippen LogP contribution in [0.25, 0.3) is 0 Å². The second-order valence-corrected chi connectivity index (χ2v) is 2.36. The zero-order chi connectivity index (χ0) is 6.85. The highest BCUT2D eigenvalue weighted by atomic mass is 16.4. The summed E-state index contributed by atoms with van der Waals surface area (Å²) in [5.41, 5.74) is 0. The minimum Gasteiger partial charge on any atom is -0.481 e. The maximum atomic E-state index is 10.3. The molecule has 0 saturated heterocycles.